The number of nitrogen functional groups attached to an aromatic ring is 1. The van der Waals surface area contributed by atoms with Crippen LogP contribution in [-0.2, 0) is 19.1 Å². The molecule has 2 heterocycles. The normalized spacial score (nSPS) is 18.7. The predicted molar refractivity (Wildman–Crippen MR) is 127 cm³/mol. The van der Waals surface area contributed by atoms with Crippen LogP contribution in [0.2, 0.25) is 0 Å². The first-order valence-corrected chi connectivity index (χ1v) is 10.3. The Morgan fingerprint density at radius 1 is 1.09 bits per heavy atom. The van der Waals surface area contributed by atoms with Crippen LogP contribution in [0.4, 0.5) is 21.9 Å². The van der Waals surface area contributed by atoms with Crippen LogP contribution in [0.1, 0.15) is 5.56 Å². The third-order valence-electron chi connectivity index (χ3n) is 5.35. The summed E-state index contributed by atoms with van der Waals surface area (Å²) in [6.07, 6.45) is -3.60. The summed E-state index contributed by atoms with van der Waals surface area (Å²) in [6.45, 7) is 1.04. The Balaban J connectivity index is 0.00000324. The Labute approximate surface area is 201 Å². The number of morpholine rings is 1. The van der Waals surface area contributed by atoms with Crippen LogP contribution in [0.5, 0.6) is 0 Å². The number of rotatable bonds is 6. The van der Waals surface area contributed by atoms with E-state index in [0.717, 1.165) is 0 Å². The van der Waals surface area contributed by atoms with E-state index >= 15 is 0 Å². The van der Waals surface area contributed by atoms with E-state index in [1.54, 1.807) is 36.4 Å². The van der Waals surface area contributed by atoms with Gasteiger partial charge in [-0.25, -0.2) is 4.79 Å². The lowest BCUT2D eigenvalue weighted by Gasteiger charge is -2.34. The van der Waals surface area contributed by atoms with Gasteiger partial charge in [-0.2, -0.15) is 0 Å². The molecule has 2 aromatic carbocycles. The van der Waals surface area contributed by atoms with Gasteiger partial charge in [-0.15, -0.1) is 12.4 Å². The molecule has 3 amide bonds. The summed E-state index contributed by atoms with van der Waals surface area (Å²) >= 11 is 0. The fraction of sp³-hybridized carbons (Fsp3) is 0.273. The molecule has 0 spiro atoms. The van der Waals surface area contributed by atoms with E-state index in [-0.39, 0.29) is 31.4 Å². The highest BCUT2D eigenvalue weighted by atomic mass is 35.5. The molecule has 2 fully saturated rings. The molecule has 2 aliphatic rings. The SMILES string of the molecule is Cl.N=C(N)c1ccc(NC(=O)[C@H](O)[C@H]2OCCN(c3cccc(N4CCOC4=O)c3)C2=O)cc1. The Morgan fingerprint density at radius 3 is 2.35 bits per heavy atom. The third-order valence-corrected chi connectivity index (χ3v) is 5.35. The quantitative estimate of drug-likeness (QED) is 0.349. The van der Waals surface area contributed by atoms with Gasteiger partial charge in [0.05, 0.1) is 13.2 Å². The van der Waals surface area contributed by atoms with Gasteiger partial charge in [0, 0.05) is 29.2 Å². The van der Waals surface area contributed by atoms with Crippen molar-refractivity contribution in [1.29, 1.82) is 5.41 Å². The number of benzene rings is 2. The minimum Gasteiger partial charge on any atom is -0.447 e. The first-order chi connectivity index (χ1) is 15.8. The molecule has 5 N–H and O–H groups in total. The van der Waals surface area contributed by atoms with Crippen LogP contribution < -0.4 is 20.9 Å². The number of aliphatic hydroxyl groups is 1. The van der Waals surface area contributed by atoms with E-state index in [1.165, 1.54) is 21.9 Å². The lowest BCUT2D eigenvalue weighted by atomic mass is 10.1. The number of nitrogens with two attached hydrogens (primary N) is 1. The molecule has 0 unspecified atom stereocenters. The highest BCUT2D eigenvalue weighted by Gasteiger charge is 2.39. The van der Waals surface area contributed by atoms with Crippen molar-refractivity contribution in [2.24, 2.45) is 5.73 Å². The molecule has 2 atom stereocenters. The number of nitrogens with zero attached hydrogens (tertiary/aromatic N) is 2. The molecule has 2 aliphatic heterocycles. The molecular weight excluding hydrogens is 466 g/mol. The molecule has 12 heteroatoms. The first-order valence-electron chi connectivity index (χ1n) is 10.3. The topological polar surface area (TPSA) is 158 Å². The molecular formula is C22H24ClN5O6. The predicted octanol–water partition coefficient (Wildman–Crippen LogP) is 1.08. The lowest BCUT2D eigenvalue weighted by molar-refractivity contribution is -0.150. The number of amides is 3. The zero-order valence-electron chi connectivity index (χ0n) is 18.0. The summed E-state index contributed by atoms with van der Waals surface area (Å²) in [6, 6.07) is 13.0. The van der Waals surface area contributed by atoms with Gasteiger partial charge in [0.2, 0.25) is 0 Å². The van der Waals surface area contributed by atoms with Crippen LogP contribution >= 0.6 is 12.4 Å². The Bertz CT molecular complexity index is 1100. The summed E-state index contributed by atoms with van der Waals surface area (Å²) in [5.74, 6) is -1.49. The molecule has 0 saturated carbocycles. The number of hydrogen-bond acceptors (Lipinski definition) is 7. The van der Waals surface area contributed by atoms with Crippen molar-refractivity contribution in [2.45, 2.75) is 12.2 Å². The van der Waals surface area contributed by atoms with Gasteiger partial charge in [-0.3, -0.25) is 19.9 Å². The van der Waals surface area contributed by atoms with Gasteiger partial charge in [0.25, 0.3) is 11.8 Å². The minimum atomic E-state index is -1.75. The average molecular weight is 490 g/mol. The second-order valence-corrected chi connectivity index (χ2v) is 7.49. The van der Waals surface area contributed by atoms with Gasteiger partial charge in [-0.1, -0.05) is 6.07 Å². The van der Waals surface area contributed by atoms with E-state index in [0.29, 0.717) is 35.8 Å². The Morgan fingerprint density at radius 2 is 1.74 bits per heavy atom. The molecule has 0 aromatic heterocycles. The number of hydrogen-bond donors (Lipinski definition) is 4. The molecule has 0 aliphatic carbocycles. The van der Waals surface area contributed by atoms with Crippen molar-refractivity contribution in [1.82, 2.24) is 0 Å². The average Bonchev–Trinajstić information content (AvgIpc) is 3.25. The van der Waals surface area contributed by atoms with Crippen molar-refractivity contribution < 1.29 is 29.0 Å². The summed E-state index contributed by atoms with van der Waals surface area (Å²) < 4.78 is 10.4. The summed E-state index contributed by atoms with van der Waals surface area (Å²) in [7, 11) is 0. The number of amidine groups is 1. The van der Waals surface area contributed by atoms with E-state index < -0.39 is 30.1 Å². The van der Waals surface area contributed by atoms with Gasteiger partial charge >= 0.3 is 6.09 Å². The highest BCUT2D eigenvalue weighted by Crippen LogP contribution is 2.27. The van der Waals surface area contributed by atoms with Crippen LogP contribution in [0, 0.1) is 5.41 Å². The number of aliphatic hydroxyl groups excluding tert-OH is 1. The summed E-state index contributed by atoms with van der Waals surface area (Å²) in [5, 5.41) is 20.5. The zero-order chi connectivity index (χ0) is 23.5. The summed E-state index contributed by atoms with van der Waals surface area (Å²) in [5.41, 5.74) is 7.36. The molecule has 180 valence electrons. The lowest BCUT2D eigenvalue weighted by Crippen LogP contribution is -2.55. The maximum atomic E-state index is 13.1. The van der Waals surface area contributed by atoms with Crippen LogP contribution in [0.3, 0.4) is 0 Å². The number of nitrogens with one attached hydrogen (secondary N) is 2. The van der Waals surface area contributed by atoms with Crippen molar-refractivity contribution in [2.75, 3.05) is 41.4 Å². The van der Waals surface area contributed by atoms with E-state index in [1.807, 2.05) is 0 Å². The van der Waals surface area contributed by atoms with Gasteiger partial charge < -0.3 is 30.5 Å². The van der Waals surface area contributed by atoms with Crippen molar-refractivity contribution >= 4 is 53.2 Å². The second kappa shape index (κ2) is 10.5. The van der Waals surface area contributed by atoms with E-state index in [4.69, 9.17) is 20.6 Å². The van der Waals surface area contributed by atoms with E-state index in [2.05, 4.69) is 5.32 Å². The standard InChI is InChI=1S/C22H23N5O6.ClH/c23-19(24)13-4-6-14(7-5-13)25-20(29)17(28)18-21(30)26(8-10-32-18)15-2-1-3-16(12-15)27-9-11-33-22(27)31;/h1-7,12,17-18,28H,8-11H2,(H3,23,24)(H,25,29);1H/t17-,18-;/m1./s1. The fourth-order valence-corrected chi connectivity index (χ4v) is 3.63. The number of ether oxygens (including phenoxy) is 2. The number of cyclic esters (lactones) is 1. The zero-order valence-corrected chi connectivity index (χ0v) is 18.8. The largest absolute Gasteiger partial charge is 0.447 e. The number of carbonyl (C=O) groups excluding carboxylic acids is 3. The third kappa shape index (κ3) is 5.11. The first kappa shape index (κ1) is 25.0. The highest BCUT2D eigenvalue weighted by molar-refractivity contribution is 6.04. The summed E-state index contributed by atoms with van der Waals surface area (Å²) in [4.78, 5) is 40.3. The molecule has 0 bridgehead atoms. The maximum absolute atomic E-state index is 13.1. The Hall–Kier alpha value is -3.67. The number of halogens is 1. The van der Waals surface area contributed by atoms with E-state index in [9.17, 15) is 19.5 Å². The van der Waals surface area contributed by atoms with Crippen LogP contribution in [0.25, 0.3) is 0 Å². The second-order valence-electron chi connectivity index (χ2n) is 7.49. The maximum Gasteiger partial charge on any atom is 0.414 e. The molecule has 34 heavy (non-hydrogen) atoms. The molecule has 4 rings (SSSR count). The fourth-order valence-electron chi connectivity index (χ4n) is 3.63. The molecule has 11 nitrogen and oxygen atoms in total. The van der Waals surface area contributed by atoms with Gasteiger partial charge in [0.1, 0.15) is 12.4 Å². The molecule has 0 radical (unpaired) electrons. The molecule has 2 saturated heterocycles. The Kier molecular flexibility index (Phi) is 7.72. The minimum absolute atomic E-state index is 0. The monoisotopic (exact) mass is 489 g/mol. The van der Waals surface area contributed by atoms with Crippen LogP contribution in [-0.4, -0.2) is 67.4 Å². The van der Waals surface area contributed by atoms with Crippen molar-refractivity contribution in [3.05, 3.63) is 54.1 Å². The van der Waals surface area contributed by atoms with Crippen molar-refractivity contribution in [3.8, 4) is 0 Å². The smallest absolute Gasteiger partial charge is 0.414 e. The van der Waals surface area contributed by atoms with Crippen molar-refractivity contribution in [3.63, 3.8) is 0 Å². The molecule has 2 aromatic rings. The van der Waals surface area contributed by atoms with Gasteiger partial charge in [0.15, 0.2) is 12.2 Å². The number of anilines is 3. The van der Waals surface area contributed by atoms with Crippen LogP contribution in [0.15, 0.2) is 48.5 Å². The number of carbonyl (C=O) groups is 3. The van der Waals surface area contributed by atoms with Gasteiger partial charge in [-0.05, 0) is 42.5 Å².